The molecule has 0 amide bonds. The molecule has 1 aliphatic rings. The zero-order chi connectivity index (χ0) is 10.1. The third-order valence-corrected chi connectivity index (χ3v) is 2.64. The first-order valence-electron chi connectivity index (χ1n) is 4.14. The lowest BCUT2D eigenvalue weighted by atomic mass is 10.1. The van der Waals surface area contributed by atoms with Gasteiger partial charge in [-0.1, -0.05) is 0 Å². The highest BCUT2D eigenvalue weighted by atomic mass is 79.9. The third kappa shape index (κ3) is 1.50. The quantitative estimate of drug-likeness (QED) is 0.702. The second kappa shape index (κ2) is 3.61. The topological polar surface area (TPSA) is 53.4 Å². The van der Waals surface area contributed by atoms with Crippen molar-refractivity contribution >= 4 is 21.9 Å². The number of hydrogen-bond acceptors (Lipinski definition) is 4. The van der Waals surface area contributed by atoms with Crippen molar-refractivity contribution < 1.29 is 14.3 Å². The van der Waals surface area contributed by atoms with E-state index in [1.807, 2.05) is 0 Å². The normalized spacial score (nSPS) is 19.7. The van der Waals surface area contributed by atoms with Crippen molar-refractivity contribution in [2.75, 3.05) is 13.7 Å². The Hall–Kier alpha value is -1.04. The maximum Gasteiger partial charge on any atom is 0.314 e. The first kappa shape index (κ1) is 9.51. The number of rotatable bonds is 1. The maximum atomic E-state index is 11.2. The molecule has 0 aromatic carbocycles. The van der Waals surface area contributed by atoms with E-state index in [0.29, 0.717) is 19.0 Å². The summed E-state index contributed by atoms with van der Waals surface area (Å²) in [6.45, 7) is 0.852. The van der Waals surface area contributed by atoms with E-state index in [0.717, 1.165) is 4.47 Å². The van der Waals surface area contributed by atoms with Crippen molar-refractivity contribution in [3.05, 3.63) is 10.7 Å². The Bertz CT molecular complexity index is 363. The highest BCUT2D eigenvalue weighted by Crippen LogP contribution is 2.28. The number of aromatic nitrogens is 2. The lowest BCUT2D eigenvalue weighted by Gasteiger charge is -2.22. The van der Waals surface area contributed by atoms with Crippen LogP contribution < -0.4 is 4.74 Å². The van der Waals surface area contributed by atoms with Gasteiger partial charge in [0.15, 0.2) is 0 Å². The minimum absolute atomic E-state index is 0.262. The van der Waals surface area contributed by atoms with Gasteiger partial charge in [-0.2, -0.15) is 5.10 Å². The molecule has 0 aliphatic carbocycles. The SMILES string of the molecule is COC(=O)C1COc2c(Br)cnn2C1. The van der Waals surface area contributed by atoms with Gasteiger partial charge in [0.1, 0.15) is 12.5 Å². The molecule has 76 valence electrons. The van der Waals surface area contributed by atoms with E-state index in [4.69, 9.17) is 4.74 Å². The van der Waals surface area contributed by atoms with Crippen LogP contribution in [0.5, 0.6) is 5.88 Å². The van der Waals surface area contributed by atoms with Gasteiger partial charge >= 0.3 is 5.97 Å². The summed E-state index contributed by atoms with van der Waals surface area (Å²) in [4.78, 5) is 11.2. The van der Waals surface area contributed by atoms with Crippen LogP contribution >= 0.6 is 15.9 Å². The zero-order valence-electron chi connectivity index (χ0n) is 7.57. The number of carbonyl (C=O) groups excluding carboxylic acids is 1. The van der Waals surface area contributed by atoms with Crippen molar-refractivity contribution in [1.82, 2.24) is 9.78 Å². The van der Waals surface area contributed by atoms with Crippen LogP contribution in [-0.4, -0.2) is 29.5 Å². The Kier molecular flexibility index (Phi) is 2.45. The molecule has 1 atom stereocenters. The average molecular weight is 261 g/mol. The molecule has 0 fully saturated rings. The number of methoxy groups -OCH3 is 1. The van der Waals surface area contributed by atoms with Crippen molar-refractivity contribution in [2.24, 2.45) is 5.92 Å². The van der Waals surface area contributed by atoms with Crippen LogP contribution in [0.3, 0.4) is 0 Å². The van der Waals surface area contributed by atoms with Gasteiger partial charge in [0.25, 0.3) is 0 Å². The summed E-state index contributed by atoms with van der Waals surface area (Å²) >= 11 is 3.30. The average Bonchev–Trinajstić information content (AvgIpc) is 2.59. The third-order valence-electron chi connectivity index (χ3n) is 2.10. The predicted octanol–water partition coefficient (Wildman–Crippen LogP) is 0.827. The van der Waals surface area contributed by atoms with Crippen molar-refractivity contribution in [3.8, 4) is 5.88 Å². The summed E-state index contributed by atoms with van der Waals surface area (Å²) in [5.41, 5.74) is 0. The van der Waals surface area contributed by atoms with E-state index < -0.39 is 0 Å². The van der Waals surface area contributed by atoms with Crippen LogP contribution in [0.4, 0.5) is 0 Å². The maximum absolute atomic E-state index is 11.2. The molecule has 1 aliphatic heterocycles. The van der Waals surface area contributed by atoms with Gasteiger partial charge < -0.3 is 9.47 Å². The van der Waals surface area contributed by atoms with Crippen LogP contribution in [0.15, 0.2) is 10.7 Å². The van der Waals surface area contributed by atoms with Crippen LogP contribution in [0.2, 0.25) is 0 Å². The molecule has 14 heavy (non-hydrogen) atoms. The van der Waals surface area contributed by atoms with Gasteiger partial charge in [-0.3, -0.25) is 4.79 Å². The molecule has 1 aromatic heterocycles. The van der Waals surface area contributed by atoms with Gasteiger partial charge in [-0.15, -0.1) is 0 Å². The molecule has 5 nitrogen and oxygen atoms in total. The number of fused-ring (bicyclic) bond motifs is 1. The fourth-order valence-corrected chi connectivity index (χ4v) is 1.79. The molecule has 0 N–H and O–H groups in total. The fraction of sp³-hybridized carbons (Fsp3) is 0.500. The van der Waals surface area contributed by atoms with Gasteiger partial charge in [0.05, 0.1) is 24.3 Å². The minimum Gasteiger partial charge on any atom is -0.476 e. The summed E-state index contributed by atoms with van der Waals surface area (Å²) in [5, 5.41) is 4.06. The van der Waals surface area contributed by atoms with Crippen molar-refractivity contribution in [3.63, 3.8) is 0 Å². The van der Waals surface area contributed by atoms with E-state index in [-0.39, 0.29) is 11.9 Å². The van der Waals surface area contributed by atoms with Crippen LogP contribution in [0.25, 0.3) is 0 Å². The molecular weight excluding hydrogens is 252 g/mol. The number of nitrogens with zero attached hydrogens (tertiary/aromatic N) is 2. The number of ether oxygens (including phenoxy) is 2. The van der Waals surface area contributed by atoms with Crippen molar-refractivity contribution in [2.45, 2.75) is 6.54 Å². The molecule has 1 unspecified atom stereocenters. The number of halogens is 1. The second-order valence-corrected chi connectivity index (χ2v) is 3.87. The molecule has 0 saturated carbocycles. The second-order valence-electron chi connectivity index (χ2n) is 3.01. The summed E-state index contributed by atoms with van der Waals surface area (Å²) in [6, 6.07) is 0. The minimum atomic E-state index is -0.265. The van der Waals surface area contributed by atoms with E-state index in [9.17, 15) is 4.79 Å². The first-order chi connectivity index (χ1) is 6.72. The van der Waals surface area contributed by atoms with Crippen LogP contribution in [-0.2, 0) is 16.1 Å². The Morgan fingerprint density at radius 1 is 1.86 bits per heavy atom. The van der Waals surface area contributed by atoms with Crippen LogP contribution in [0.1, 0.15) is 0 Å². The molecule has 2 rings (SSSR count). The lowest BCUT2D eigenvalue weighted by Crippen LogP contribution is -2.32. The number of carbonyl (C=O) groups is 1. The molecule has 6 heteroatoms. The van der Waals surface area contributed by atoms with E-state index in [2.05, 4.69) is 25.8 Å². The monoisotopic (exact) mass is 260 g/mol. The molecule has 0 spiro atoms. The van der Waals surface area contributed by atoms with Crippen LogP contribution in [0, 0.1) is 5.92 Å². The molecule has 0 radical (unpaired) electrons. The smallest absolute Gasteiger partial charge is 0.314 e. The molecule has 1 aromatic rings. The molecule has 2 heterocycles. The van der Waals surface area contributed by atoms with Gasteiger partial charge in [-0.05, 0) is 15.9 Å². The van der Waals surface area contributed by atoms with Gasteiger partial charge in [0, 0.05) is 0 Å². The van der Waals surface area contributed by atoms with Gasteiger partial charge in [0.2, 0.25) is 5.88 Å². The fourth-order valence-electron chi connectivity index (χ4n) is 1.38. The number of hydrogen-bond donors (Lipinski definition) is 0. The summed E-state index contributed by atoms with van der Waals surface area (Å²) < 4.78 is 12.5. The lowest BCUT2D eigenvalue weighted by molar-refractivity contribution is -0.148. The predicted molar refractivity (Wildman–Crippen MR) is 50.9 cm³/mol. The van der Waals surface area contributed by atoms with Gasteiger partial charge in [-0.25, -0.2) is 4.68 Å². The Labute approximate surface area is 89.1 Å². The standard InChI is InChI=1S/C8H9BrN2O3/c1-13-8(12)5-3-11-7(14-4-5)6(9)2-10-11/h2,5H,3-4H2,1H3. The Morgan fingerprint density at radius 3 is 3.36 bits per heavy atom. The van der Waals surface area contributed by atoms with Crippen molar-refractivity contribution in [1.29, 1.82) is 0 Å². The molecule has 0 saturated heterocycles. The summed E-state index contributed by atoms with van der Waals surface area (Å²) in [5.74, 6) is 0.145. The molecular formula is C8H9BrN2O3. The number of esters is 1. The van der Waals surface area contributed by atoms with E-state index >= 15 is 0 Å². The Balaban J connectivity index is 2.18. The first-order valence-corrected chi connectivity index (χ1v) is 4.93. The molecule has 0 bridgehead atoms. The largest absolute Gasteiger partial charge is 0.476 e. The summed E-state index contributed by atoms with van der Waals surface area (Å²) in [6.07, 6.45) is 1.65. The highest BCUT2D eigenvalue weighted by molar-refractivity contribution is 9.10. The Morgan fingerprint density at radius 2 is 2.64 bits per heavy atom. The highest BCUT2D eigenvalue weighted by Gasteiger charge is 2.28. The van der Waals surface area contributed by atoms with E-state index in [1.54, 1.807) is 10.9 Å². The van der Waals surface area contributed by atoms with E-state index in [1.165, 1.54) is 7.11 Å². The summed E-state index contributed by atoms with van der Waals surface area (Å²) in [7, 11) is 1.37. The zero-order valence-corrected chi connectivity index (χ0v) is 9.15.